The molecule has 148 valence electrons. The van der Waals surface area contributed by atoms with E-state index in [0.717, 1.165) is 17.7 Å². The molecule has 2 rings (SSSR count). The lowest BCUT2D eigenvalue weighted by Crippen LogP contribution is -2.35. The molecule has 0 heterocycles. The molecule has 6 heteroatoms. The third-order valence-corrected chi connectivity index (χ3v) is 4.10. The van der Waals surface area contributed by atoms with E-state index in [1.807, 2.05) is 31.2 Å². The van der Waals surface area contributed by atoms with Crippen molar-refractivity contribution in [2.24, 2.45) is 0 Å². The molecule has 1 atom stereocenters. The molecular weight excluding hydrogens is 356 g/mol. The van der Waals surface area contributed by atoms with Gasteiger partial charge in [0.05, 0.1) is 0 Å². The number of rotatable bonds is 9. The zero-order valence-electron chi connectivity index (χ0n) is 16.5. The van der Waals surface area contributed by atoms with Gasteiger partial charge in [-0.15, -0.1) is 0 Å². The van der Waals surface area contributed by atoms with Gasteiger partial charge in [-0.25, -0.2) is 0 Å². The van der Waals surface area contributed by atoms with Gasteiger partial charge >= 0.3 is 0 Å². The van der Waals surface area contributed by atoms with Gasteiger partial charge in [-0.2, -0.15) is 0 Å². The monoisotopic (exact) mass is 382 g/mol. The van der Waals surface area contributed by atoms with Crippen LogP contribution in [0.15, 0.2) is 48.5 Å². The van der Waals surface area contributed by atoms with Crippen LogP contribution < -0.4 is 15.4 Å². The van der Waals surface area contributed by atoms with Gasteiger partial charge in [0.15, 0.2) is 11.9 Å². The quantitative estimate of drug-likeness (QED) is 0.648. The summed E-state index contributed by atoms with van der Waals surface area (Å²) in [5, 5.41) is 5.64. The van der Waals surface area contributed by atoms with E-state index in [1.54, 1.807) is 31.2 Å². The molecule has 2 amide bonds. The fourth-order valence-electron chi connectivity index (χ4n) is 2.54. The summed E-state index contributed by atoms with van der Waals surface area (Å²) < 4.78 is 5.63. The molecule has 1 unspecified atom stereocenters. The first kappa shape index (κ1) is 21.2. The maximum atomic E-state index is 12.3. The van der Waals surface area contributed by atoms with Crippen molar-refractivity contribution in [3.05, 3.63) is 59.7 Å². The molecule has 0 aliphatic rings. The van der Waals surface area contributed by atoms with Crippen molar-refractivity contribution >= 4 is 23.3 Å². The predicted octanol–water partition coefficient (Wildman–Crippen LogP) is 3.71. The molecule has 6 nitrogen and oxygen atoms in total. The number of hydrogen-bond acceptors (Lipinski definition) is 4. The maximum Gasteiger partial charge on any atom is 0.261 e. The summed E-state index contributed by atoms with van der Waals surface area (Å²) in [6, 6.07) is 14.1. The first-order valence-corrected chi connectivity index (χ1v) is 9.33. The van der Waals surface area contributed by atoms with Crippen LogP contribution >= 0.6 is 0 Å². The molecule has 2 aromatic rings. The van der Waals surface area contributed by atoms with Gasteiger partial charge in [0.1, 0.15) is 5.75 Å². The Labute approximate surface area is 165 Å². The second-order valence-corrected chi connectivity index (χ2v) is 6.56. The minimum Gasteiger partial charge on any atom is -0.481 e. The zero-order valence-corrected chi connectivity index (χ0v) is 16.5. The van der Waals surface area contributed by atoms with Gasteiger partial charge in [0, 0.05) is 24.2 Å². The number of nitrogens with one attached hydrogen (secondary N) is 2. The Kier molecular flexibility index (Phi) is 7.75. The third-order valence-electron chi connectivity index (χ3n) is 4.10. The Balaban J connectivity index is 1.85. The average molecular weight is 382 g/mol. The first-order chi connectivity index (χ1) is 13.4. The van der Waals surface area contributed by atoms with Gasteiger partial charge < -0.3 is 15.4 Å². The van der Waals surface area contributed by atoms with E-state index in [9.17, 15) is 14.4 Å². The largest absolute Gasteiger partial charge is 0.481 e. The van der Waals surface area contributed by atoms with Gasteiger partial charge in [0.25, 0.3) is 5.91 Å². The Hall–Kier alpha value is -3.15. The summed E-state index contributed by atoms with van der Waals surface area (Å²) >= 11 is 0. The van der Waals surface area contributed by atoms with Crippen molar-refractivity contribution in [3.63, 3.8) is 0 Å². The highest BCUT2D eigenvalue weighted by Crippen LogP contribution is 2.16. The van der Waals surface area contributed by atoms with Crippen LogP contribution in [0.1, 0.15) is 49.5 Å². The summed E-state index contributed by atoms with van der Waals surface area (Å²) in [5.74, 6) is 0.149. The van der Waals surface area contributed by atoms with Crippen LogP contribution in [0.4, 0.5) is 5.69 Å². The number of benzene rings is 2. The topological polar surface area (TPSA) is 84.5 Å². The van der Waals surface area contributed by atoms with Crippen molar-refractivity contribution in [2.45, 2.75) is 46.3 Å². The Morgan fingerprint density at radius 2 is 1.79 bits per heavy atom. The first-order valence-electron chi connectivity index (χ1n) is 9.33. The fourth-order valence-corrected chi connectivity index (χ4v) is 2.54. The van der Waals surface area contributed by atoms with Crippen LogP contribution in [-0.4, -0.2) is 23.7 Å². The number of ketones is 1. The Morgan fingerprint density at radius 3 is 2.43 bits per heavy atom. The van der Waals surface area contributed by atoms with Crippen LogP contribution in [0.5, 0.6) is 5.75 Å². The maximum absolute atomic E-state index is 12.3. The van der Waals surface area contributed by atoms with Crippen molar-refractivity contribution < 1.29 is 19.1 Å². The minimum absolute atomic E-state index is 0.0108. The summed E-state index contributed by atoms with van der Waals surface area (Å²) in [6.07, 6.45) is 0.593. The van der Waals surface area contributed by atoms with Crippen molar-refractivity contribution in [1.29, 1.82) is 0 Å². The second-order valence-electron chi connectivity index (χ2n) is 6.56. The van der Waals surface area contributed by atoms with Gasteiger partial charge in [-0.1, -0.05) is 31.2 Å². The summed E-state index contributed by atoms with van der Waals surface area (Å²) in [7, 11) is 0. The zero-order chi connectivity index (χ0) is 20.5. The molecule has 0 saturated heterocycles. The molecule has 0 fully saturated rings. The molecule has 28 heavy (non-hydrogen) atoms. The second kappa shape index (κ2) is 10.3. The number of hydrogen-bond donors (Lipinski definition) is 2. The van der Waals surface area contributed by atoms with Crippen molar-refractivity contribution in [1.82, 2.24) is 5.32 Å². The molecule has 0 bridgehead atoms. The van der Waals surface area contributed by atoms with E-state index in [-0.39, 0.29) is 17.6 Å². The number of carbonyl (C=O) groups excluding carboxylic acids is 3. The van der Waals surface area contributed by atoms with Crippen LogP contribution in [0.25, 0.3) is 0 Å². The standard InChI is InChI=1S/C22H26N2O4/c1-4-6-21(26)24-19-11-9-17(10-12-19)14-23-22(27)16(3)28-20-8-5-7-18(13-20)15(2)25/h5,7-13,16H,4,6,14H2,1-3H3,(H,23,27)(H,24,26). The normalized spacial score (nSPS) is 11.4. The van der Waals surface area contributed by atoms with E-state index in [4.69, 9.17) is 4.74 Å². The SMILES string of the molecule is CCCC(=O)Nc1ccc(CNC(=O)C(C)Oc2cccc(C(C)=O)c2)cc1. The van der Waals surface area contributed by atoms with Gasteiger partial charge in [-0.3, -0.25) is 14.4 Å². The molecular formula is C22H26N2O4. The lowest BCUT2D eigenvalue weighted by molar-refractivity contribution is -0.127. The Bertz CT molecular complexity index is 831. The van der Waals surface area contributed by atoms with Crippen LogP contribution in [0, 0.1) is 0 Å². The summed E-state index contributed by atoms with van der Waals surface area (Å²) in [5.41, 5.74) is 2.18. The molecule has 0 aliphatic carbocycles. The van der Waals surface area contributed by atoms with Crippen molar-refractivity contribution in [2.75, 3.05) is 5.32 Å². The molecule has 0 spiro atoms. The van der Waals surface area contributed by atoms with E-state index < -0.39 is 6.10 Å². The highest BCUT2D eigenvalue weighted by Gasteiger charge is 2.15. The number of Topliss-reactive ketones (excluding diaryl/α,β-unsaturated/α-hetero) is 1. The van der Waals surface area contributed by atoms with Gasteiger partial charge in [-0.05, 0) is 50.1 Å². The molecule has 0 aromatic heterocycles. The average Bonchev–Trinajstić information content (AvgIpc) is 2.67. The molecule has 2 aromatic carbocycles. The number of amides is 2. The number of anilines is 1. The smallest absolute Gasteiger partial charge is 0.261 e. The summed E-state index contributed by atoms with van der Waals surface area (Å²) in [4.78, 5) is 35.3. The number of carbonyl (C=O) groups is 3. The third kappa shape index (κ3) is 6.54. The van der Waals surface area contributed by atoms with Gasteiger partial charge in [0.2, 0.25) is 5.91 Å². The predicted molar refractivity (Wildman–Crippen MR) is 108 cm³/mol. The molecule has 0 aliphatic heterocycles. The lowest BCUT2D eigenvalue weighted by atomic mass is 10.1. The number of ether oxygens (including phenoxy) is 1. The highest BCUT2D eigenvalue weighted by atomic mass is 16.5. The van der Waals surface area contributed by atoms with Crippen LogP contribution in [0.2, 0.25) is 0 Å². The van der Waals surface area contributed by atoms with E-state index in [0.29, 0.717) is 24.3 Å². The van der Waals surface area contributed by atoms with E-state index in [2.05, 4.69) is 10.6 Å². The minimum atomic E-state index is -0.699. The van der Waals surface area contributed by atoms with E-state index in [1.165, 1.54) is 6.92 Å². The lowest BCUT2D eigenvalue weighted by Gasteiger charge is -2.15. The van der Waals surface area contributed by atoms with Crippen molar-refractivity contribution in [3.8, 4) is 5.75 Å². The molecule has 2 N–H and O–H groups in total. The molecule has 0 radical (unpaired) electrons. The van der Waals surface area contributed by atoms with Crippen LogP contribution in [-0.2, 0) is 16.1 Å². The fraction of sp³-hybridized carbons (Fsp3) is 0.318. The van der Waals surface area contributed by atoms with E-state index >= 15 is 0 Å². The molecule has 0 saturated carbocycles. The highest BCUT2D eigenvalue weighted by molar-refractivity contribution is 5.94. The van der Waals surface area contributed by atoms with Crippen LogP contribution in [0.3, 0.4) is 0 Å². The summed E-state index contributed by atoms with van der Waals surface area (Å²) in [6.45, 7) is 5.44. The Morgan fingerprint density at radius 1 is 1.07 bits per heavy atom.